The molecule has 3 unspecified atom stereocenters. The van der Waals surface area contributed by atoms with Gasteiger partial charge in [-0.2, -0.15) is 0 Å². The minimum atomic E-state index is -4.74. The van der Waals surface area contributed by atoms with E-state index in [1.165, 1.54) is 25.1 Å². The van der Waals surface area contributed by atoms with E-state index in [0.29, 0.717) is 5.56 Å². The smallest absolute Gasteiger partial charge is 0.480 e. The Morgan fingerprint density at radius 1 is 1.36 bits per heavy atom. The SMILES string of the molecule is CC(CC(C)(N)C(=O)O)C(C)c1cccc(OC(F)(F)F)c1. The maximum Gasteiger partial charge on any atom is 0.573 e. The van der Waals surface area contributed by atoms with Gasteiger partial charge in [0.1, 0.15) is 11.3 Å². The van der Waals surface area contributed by atoms with E-state index in [-0.39, 0.29) is 24.0 Å². The molecule has 0 aromatic heterocycles. The molecule has 0 aliphatic rings. The summed E-state index contributed by atoms with van der Waals surface area (Å²) < 4.78 is 40.6. The predicted molar refractivity (Wildman–Crippen MR) is 75.5 cm³/mol. The molecular weight excluding hydrogens is 299 g/mol. The van der Waals surface area contributed by atoms with Crippen molar-refractivity contribution in [1.29, 1.82) is 0 Å². The van der Waals surface area contributed by atoms with Gasteiger partial charge in [0, 0.05) is 0 Å². The highest BCUT2D eigenvalue weighted by Crippen LogP contribution is 2.32. The average molecular weight is 319 g/mol. The lowest BCUT2D eigenvalue weighted by atomic mass is 9.80. The maximum absolute atomic E-state index is 12.2. The Hall–Kier alpha value is -1.76. The van der Waals surface area contributed by atoms with E-state index in [4.69, 9.17) is 10.8 Å². The largest absolute Gasteiger partial charge is 0.573 e. The molecule has 22 heavy (non-hydrogen) atoms. The molecule has 1 rings (SSSR count). The van der Waals surface area contributed by atoms with Crippen molar-refractivity contribution in [2.24, 2.45) is 11.7 Å². The Kier molecular flexibility index (Phi) is 5.45. The Morgan fingerprint density at radius 2 is 1.95 bits per heavy atom. The summed E-state index contributed by atoms with van der Waals surface area (Å²) in [6.45, 7) is 5.05. The second kappa shape index (κ2) is 6.56. The first-order valence-corrected chi connectivity index (χ1v) is 6.80. The third kappa shape index (κ3) is 5.22. The van der Waals surface area contributed by atoms with Crippen LogP contribution in [0.25, 0.3) is 0 Å². The number of carboxylic acid groups (broad SMARTS) is 1. The van der Waals surface area contributed by atoms with Gasteiger partial charge in [0.15, 0.2) is 0 Å². The molecule has 0 saturated heterocycles. The number of ether oxygens (including phenoxy) is 1. The highest BCUT2D eigenvalue weighted by Gasteiger charge is 2.33. The van der Waals surface area contributed by atoms with Gasteiger partial charge in [0.2, 0.25) is 0 Å². The van der Waals surface area contributed by atoms with Gasteiger partial charge in [-0.15, -0.1) is 13.2 Å². The van der Waals surface area contributed by atoms with E-state index in [1.807, 2.05) is 13.8 Å². The maximum atomic E-state index is 12.2. The van der Waals surface area contributed by atoms with Crippen LogP contribution in [0.3, 0.4) is 0 Å². The number of carboxylic acids is 1. The fourth-order valence-electron chi connectivity index (χ4n) is 2.26. The zero-order valence-electron chi connectivity index (χ0n) is 12.6. The van der Waals surface area contributed by atoms with Crippen LogP contribution in [0.4, 0.5) is 13.2 Å². The summed E-state index contributed by atoms with van der Waals surface area (Å²) in [5, 5.41) is 9.04. The van der Waals surface area contributed by atoms with Crippen LogP contribution in [-0.2, 0) is 4.79 Å². The predicted octanol–water partition coefficient (Wildman–Crippen LogP) is 3.52. The first kappa shape index (κ1) is 18.3. The van der Waals surface area contributed by atoms with Gasteiger partial charge >= 0.3 is 12.3 Å². The highest BCUT2D eigenvalue weighted by atomic mass is 19.4. The van der Waals surface area contributed by atoms with E-state index in [0.717, 1.165) is 0 Å². The van der Waals surface area contributed by atoms with Crippen molar-refractivity contribution in [3.05, 3.63) is 29.8 Å². The van der Waals surface area contributed by atoms with Crippen molar-refractivity contribution in [3.63, 3.8) is 0 Å². The van der Waals surface area contributed by atoms with Gasteiger partial charge in [-0.05, 0) is 42.9 Å². The van der Waals surface area contributed by atoms with Crippen LogP contribution < -0.4 is 10.5 Å². The molecule has 1 aromatic carbocycles. The molecule has 0 heterocycles. The molecule has 0 aliphatic heterocycles. The molecule has 1 aromatic rings. The molecule has 0 saturated carbocycles. The fraction of sp³-hybridized carbons (Fsp3) is 0.533. The van der Waals surface area contributed by atoms with Crippen molar-refractivity contribution in [1.82, 2.24) is 0 Å². The molecule has 3 N–H and O–H groups in total. The van der Waals surface area contributed by atoms with Crippen LogP contribution in [0.1, 0.15) is 38.7 Å². The second-order valence-electron chi connectivity index (χ2n) is 5.81. The van der Waals surface area contributed by atoms with Crippen LogP contribution in [-0.4, -0.2) is 23.0 Å². The van der Waals surface area contributed by atoms with Gasteiger partial charge in [-0.1, -0.05) is 26.0 Å². The number of alkyl halides is 3. The van der Waals surface area contributed by atoms with Crippen molar-refractivity contribution < 1.29 is 27.8 Å². The summed E-state index contributed by atoms with van der Waals surface area (Å²) in [7, 11) is 0. The lowest BCUT2D eigenvalue weighted by Crippen LogP contribution is -2.46. The van der Waals surface area contributed by atoms with E-state index in [1.54, 1.807) is 6.07 Å². The lowest BCUT2D eigenvalue weighted by Gasteiger charge is -2.28. The number of benzene rings is 1. The summed E-state index contributed by atoms with van der Waals surface area (Å²) in [5.74, 6) is -1.70. The molecule has 0 radical (unpaired) electrons. The summed E-state index contributed by atoms with van der Waals surface area (Å²) in [5.41, 5.74) is 4.97. The van der Waals surface area contributed by atoms with Gasteiger partial charge < -0.3 is 15.6 Å². The number of rotatable bonds is 6. The lowest BCUT2D eigenvalue weighted by molar-refractivity contribution is -0.274. The normalized spacial score (nSPS) is 17.4. The zero-order chi connectivity index (χ0) is 17.1. The third-order valence-electron chi connectivity index (χ3n) is 3.71. The third-order valence-corrected chi connectivity index (χ3v) is 3.71. The number of halogens is 3. The van der Waals surface area contributed by atoms with Gasteiger partial charge in [0.05, 0.1) is 0 Å². The first-order chi connectivity index (χ1) is 9.92. The van der Waals surface area contributed by atoms with Crippen LogP contribution in [0.2, 0.25) is 0 Å². The van der Waals surface area contributed by atoms with Crippen LogP contribution in [0.5, 0.6) is 5.75 Å². The number of hydrogen-bond acceptors (Lipinski definition) is 3. The van der Waals surface area contributed by atoms with Crippen LogP contribution in [0, 0.1) is 5.92 Å². The molecule has 3 atom stereocenters. The molecule has 0 amide bonds. The Morgan fingerprint density at radius 3 is 2.45 bits per heavy atom. The molecular formula is C15H20F3NO3. The molecule has 0 bridgehead atoms. The Labute approximate surface area is 127 Å². The Bertz CT molecular complexity index is 529. The fourth-order valence-corrected chi connectivity index (χ4v) is 2.26. The number of hydrogen-bond donors (Lipinski definition) is 2. The van der Waals surface area contributed by atoms with Gasteiger partial charge in [0.25, 0.3) is 0 Å². The number of nitrogens with two attached hydrogens (primary N) is 1. The van der Waals surface area contributed by atoms with E-state index in [2.05, 4.69) is 4.74 Å². The number of aliphatic carboxylic acids is 1. The summed E-state index contributed by atoms with van der Waals surface area (Å²) in [4.78, 5) is 11.1. The van der Waals surface area contributed by atoms with E-state index < -0.39 is 17.9 Å². The minimum absolute atomic E-state index is 0.132. The highest BCUT2D eigenvalue weighted by molar-refractivity contribution is 5.77. The van der Waals surface area contributed by atoms with Crippen LogP contribution in [0.15, 0.2) is 24.3 Å². The van der Waals surface area contributed by atoms with Crippen molar-refractivity contribution >= 4 is 5.97 Å². The van der Waals surface area contributed by atoms with Crippen molar-refractivity contribution in [2.75, 3.05) is 0 Å². The molecule has 7 heteroatoms. The Balaban J connectivity index is 2.87. The van der Waals surface area contributed by atoms with Crippen molar-refractivity contribution in [2.45, 2.75) is 45.0 Å². The molecule has 124 valence electrons. The summed E-state index contributed by atoms with van der Waals surface area (Å²) in [6.07, 6.45) is -4.54. The van der Waals surface area contributed by atoms with Crippen molar-refractivity contribution in [3.8, 4) is 5.75 Å². The average Bonchev–Trinajstić information content (AvgIpc) is 2.35. The van der Waals surface area contributed by atoms with Gasteiger partial charge in [-0.25, -0.2) is 0 Å². The molecule has 4 nitrogen and oxygen atoms in total. The molecule has 0 fully saturated rings. The number of carbonyl (C=O) groups is 1. The quantitative estimate of drug-likeness (QED) is 0.841. The van der Waals surface area contributed by atoms with E-state index >= 15 is 0 Å². The summed E-state index contributed by atoms with van der Waals surface area (Å²) in [6, 6.07) is 5.68. The topological polar surface area (TPSA) is 72.6 Å². The molecule has 0 aliphatic carbocycles. The standard InChI is InChI=1S/C15H20F3NO3/c1-9(8-14(3,19)13(20)21)10(2)11-5-4-6-12(7-11)22-15(16,17)18/h4-7,9-10H,8,19H2,1-3H3,(H,20,21). The monoisotopic (exact) mass is 319 g/mol. The van der Waals surface area contributed by atoms with Crippen LogP contribution >= 0.6 is 0 Å². The second-order valence-corrected chi connectivity index (χ2v) is 5.81. The minimum Gasteiger partial charge on any atom is -0.480 e. The van der Waals surface area contributed by atoms with E-state index in [9.17, 15) is 18.0 Å². The van der Waals surface area contributed by atoms with Gasteiger partial charge in [-0.3, -0.25) is 4.79 Å². The zero-order valence-corrected chi connectivity index (χ0v) is 12.6. The summed E-state index contributed by atoms with van der Waals surface area (Å²) >= 11 is 0. The first-order valence-electron chi connectivity index (χ1n) is 6.80. The molecule has 0 spiro atoms.